The van der Waals surface area contributed by atoms with E-state index in [-0.39, 0.29) is 11.9 Å². The van der Waals surface area contributed by atoms with Crippen molar-refractivity contribution in [2.75, 3.05) is 30.8 Å². The molecule has 0 bridgehead atoms. The molecule has 1 aromatic rings. The molecule has 2 rings (SSSR count). The summed E-state index contributed by atoms with van der Waals surface area (Å²) in [4.78, 5) is 2.39. The lowest BCUT2D eigenvalue weighted by Crippen LogP contribution is -2.37. The number of ether oxygens (including phenoxy) is 1. The Kier molecular flexibility index (Phi) is 4.55. The lowest BCUT2D eigenvalue weighted by Gasteiger charge is -2.33. The highest BCUT2D eigenvalue weighted by molar-refractivity contribution is 7.91. The standard InChI is InChI=1S/C14H22N2O3S/c1-3-11-10-16(2)13-9-12(5-6-14(13)19-11)20(17,18)8-4-7-15/h5-6,9,11H,3-4,7-8,10,15H2,1-2H3. The minimum absolute atomic E-state index is 0.0877. The molecule has 0 saturated carbocycles. The van der Waals surface area contributed by atoms with Gasteiger partial charge in [-0.15, -0.1) is 0 Å². The van der Waals surface area contributed by atoms with E-state index >= 15 is 0 Å². The molecule has 1 aliphatic heterocycles. The van der Waals surface area contributed by atoms with Crippen LogP contribution in [0, 0.1) is 0 Å². The first-order valence-corrected chi connectivity index (χ1v) is 8.58. The van der Waals surface area contributed by atoms with Crippen LogP contribution in [0.3, 0.4) is 0 Å². The number of likely N-dealkylation sites (N-methyl/N-ethyl adjacent to an activating group) is 1. The minimum Gasteiger partial charge on any atom is -0.486 e. The van der Waals surface area contributed by atoms with E-state index in [1.807, 2.05) is 7.05 Å². The first-order valence-electron chi connectivity index (χ1n) is 6.92. The second-order valence-electron chi connectivity index (χ2n) is 5.12. The van der Waals surface area contributed by atoms with Crippen molar-refractivity contribution in [1.29, 1.82) is 0 Å². The van der Waals surface area contributed by atoms with Crippen LogP contribution in [0.4, 0.5) is 5.69 Å². The van der Waals surface area contributed by atoms with E-state index in [1.165, 1.54) is 0 Å². The molecule has 0 aliphatic carbocycles. The molecule has 0 fully saturated rings. The van der Waals surface area contributed by atoms with Gasteiger partial charge in [-0.2, -0.15) is 0 Å². The Morgan fingerprint density at radius 3 is 2.85 bits per heavy atom. The van der Waals surface area contributed by atoms with Gasteiger partial charge in [0.15, 0.2) is 9.84 Å². The maximum atomic E-state index is 12.2. The van der Waals surface area contributed by atoms with Crippen molar-refractivity contribution in [2.24, 2.45) is 5.73 Å². The summed E-state index contributed by atoms with van der Waals surface area (Å²) in [6, 6.07) is 5.08. The predicted molar refractivity (Wildman–Crippen MR) is 80.1 cm³/mol. The Labute approximate surface area is 120 Å². The highest BCUT2D eigenvalue weighted by Crippen LogP contribution is 2.35. The average molecular weight is 298 g/mol. The van der Waals surface area contributed by atoms with Crippen molar-refractivity contribution < 1.29 is 13.2 Å². The molecule has 0 aromatic heterocycles. The van der Waals surface area contributed by atoms with Crippen molar-refractivity contribution in [3.8, 4) is 5.75 Å². The first kappa shape index (κ1) is 15.1. The van der Waals surface area contributed by atoms with Crippen LogP contribution in [0.1, 0.15) is 19.8 Å². The SMILES string of the molecule is CCC1CN(C)c2cc(S(=O)(=O)CCCN)ccc2O1. The smallest absolute Gasteiger partial charge is 0.178 e. The van der Waals surface area contributed by atoms with Gasteiger partial charge in [0.2, 0.25) is 0 Å². The maximum absolute atomic E-state index is 12.2. The number of nitrogens with zero attached hydrogens (tertiary/aromatic N) is 1. The quantitative estimate of drug-likeness (QED) is 0.890. The van der Waals surface area contributed by atoms with Gasteiger partial charge in [0.05, 0.1) is 22.9 Å². The topological polar surface area (TPSA) is 72.6 Å². The number of rotatable bonds is 5. The van der Waals surface area contributed by atoms with Crippen LogP contribution in [0.2, 0.25) is 0 Å². The number of hydrogen-bond acceptors (Lipinski definition) is 5. The summed E-state index contributed by atoms with van der Waals surface area (Å²) in [5.41, 5.74) is 6.22. The summed E-state index contributed by atoms with van der Waals surface area (Å²) in [6.07, 6.45) is 1.57. The molecule has 20 heavy (non-hydrogen) atoms. The van der Waals surface area contributed by atoms with Crippen LogP contribution in [-0.4, -0.2) is 40.4 Å². The lowest BCUT2D eigenvalue weighted by atomic mass is 10.1. The number of benzene rings is 1. The number of fused-ring (bicyclic) bond motifs is 1. The fourth-order valence-corrected chi connectivity index (χ4v) is 3.66. The van der Waals surface area contributed by atoms with Crippen LogP contribution in [0.15, 0.2) is 23.1 Å². The monoisotopic (exact) mass is 298 g/mol. The minimum atomic E-state index is -3.26. The van der Waals surface area contributed by atoms with Gasteiger partial charge in [-0.1, -0.05) is 6.92 Å². The average Bonchev–Trinajstić information content (AvgIpc) is 2.44. The second kappa shape index (κ2) is 6.01. The Balaban J connectivity index is 2.31. The second-order valence-corrected chi connectivity index (χ2v) is 7.23. The van der Waals surface area contributed by atoms with Crippen LogP contribution in [0.25, 0.3) is 0 Å². The Hall–Kier alpha value is -1.27. The van der Waals surface area contributed by atoms with Gasteiger partial charge < -0.3 is 15.4 Å². The zero-order valence-corrected chi connectivity index (χ0v) is 12.8. The van der Waals surface area contributed by atoms with E-state index < -0.39 is 9.84 Å². The molecule has 1 unspecified atom stereocenters. The molecule has 0 amide bonds. The molecule has 0 spiro atoms. The maximum Gasteiger partial charge on any atom is 0.178 e. The first-order chi connectivity index (χ1) is 9.47. The third kappa shape index (κ3) is 3.07. The van der Waals surface area contributed by atoms with E-state index in [2.05, 4.69) is 11.8 Å². The Bertz CT molecular complexity index is 572. The molecule has 1 heterocycles. The van der Waals surface area contributed by atoms with E-state index in [0.29, 0.717) is 17.9 Å². The highest BCUT2D eigenvalue weighted by atomic mass is 32.2. The number of hydrogen-bond donors (Lipinski definition) is 1. The zero-order valence-electron chi connectivity index (χ0n) is 12.0. The largest absolute Gasteiger partial charge is 0.486 e. The van der Waals surface area contributed by atoms with E-state index in [9.17, 15) is 8.42 Å². The van der Waals surface area contributed by atoms with Crippen molar-refractivity contribution in [3.63, 3.8) is 0 Å². The predicted octanol–water partition coefficient (Wildman–Crippen LogP) is 1.42. The lowest BCUT2D eigenvalue weighted by molar-refractivity contribution is 0.191. The highest BCUT2D eigenvalue weighted by Gasteiger charge is 2.24. The van der Waals surface area contributed by atoms with Gasteiger partial charge in [0, 0.05) is 7.05 Å². The molecular formula is C14H22N2O3S. The number of anilines is 1. The van der Waals surface area contributed by atoms with Gasteiger partial charge in [0.1, 0.15) is 11.9 Å². The molecule has 0 saturated heterocycles. The van der Waals surface area contributed by atoms with Gasteiger partial charge in [-0.25, -0.2) is 8.42 Å². The summed E-state index contributed by atoms with van der Waals surface area (Å²) in [5, 5.41) is 0. The summed E-state index contributed by atoms with van der Waals surface area (Å²) < 4.78 is 30.2. The van der Waals surface area contributed by atoms with E-state index in [1.54, 1.807) is 18.2 Å². The van der Waals surface area contributed by atoms with Gasteiger partial charge >= 0.3 is 0 Å². The molecule has 1 aliphatic rings. The van der Waals surface area contributed by atoms with Crippen LogP contribution in [-0.2, 0) is 9.84 Å². The Morgan fingerprint density at radius 2 is 2.20 bits per heavy atom. The van der Waals surface area contributed by atoms with Crippen molar-refractivity contribution in [1.82, 2.24) is 0 Å². The van der Waals surface area contributed by atoms with Gasteiger partial charge in [0.25, 0.3) is 0 Å². The van der Waals surface area contributed by atoms with Gasteiger partial charge in [-0.3, -0.25) is 0 Å². The molecule has 1 atom stereocenters. The van der Waals surface area contributed by atoms with Crippen molar-refractivity contribution >= 4 is 15.5 Å². The molecule has 2 N–H and O–H groups in total. The van der Waals surface area contributed by atoms with Gasteiger partial charge in [-0.05, 0) is 37.6 Å². The molecule has 1 aromatic carbocycles. The normalized spacial score (nSPS) is 18.6. The zero-order chi connectivity index (χ0) is 14.8. The summed E-state index contributed by atoms with van der Waals surface area (Å²) >= 11 is 0. The Morgan fingerprint density at radius 1 is 1.45 bits per heavy atom. The third-order valence-electron chi connectivity index (χ3n) is 3.54. The summed E-state index contributed by atoms with van der Waals surface area (Å²) in [5.74, 6) is 0.841. The molecule has 112 valence electrons. The molecule has 0 radical (unpaired) electrons. The fourth-order valence-electron chi connectivity index (χ4n) is 2.31. The van der Waals surface area contributed by atoms with Crippen LogP contribution < -0.4 is 15.4 Å². The molecule has 5 nitrogen and oxygen atoms in total. The van der Waals surface area contributed by atoms with Crippen molar-refractivity contribution in [2.45, 2.75) is 30.8 Å². The molecule has 6 heteroatoms. The summed E-state index contributed by atoms with van der Waals surface area (Å²) in [7, 11) is -1.30. The molecular weight excluding hydrogens is 276 g/mol. The summed E-state index contributed by atoms with van der Waals surface area (Å²) in [6.45, 7) is 3.23. The number of sulfone groups is 1. The van der Waals surface area contributed by atoms with E-state index in [0.717, 1.165) is 24.4 Å². The third-order valence-corrected chi connectivity index (χ3v) is 5.34. The van der Waals surface area contributed by atoms with E-state index in [4.69, 9.17) is 10.5 Å². The van der Waals surface area contributed by atoms with Crippen molar-refractivity contribution in [3.05, 3.63) is 18.2 Å². The van der Waals surface area contributed by atoms with Crippen LogP contribution >= 0.6 is 0 Å². The number of nitrogens with two attached hydrogens (primary N) is 1. The van der Waals surface area contributed by atoms with Crippen LogP contribution in [0.5, 0.6) is 5.75 Å². The fraction of sp³-hybridized carbons (Fsp3) is 0.571.